The van der Waals surface area contributed by atoms with Crippen LogP contribution in [0.4, 0.5) is 20.6 Å². The summed E-state index contributed by atoms with van der Waals surface area (Å²) in [6, 6.07) is 2.97. The molecule has 0 saturated heterocycles. The molecule has 0 atom stereocenters. The fraction of sp³-hybridized carbons (Fsp3) is 0.357. The first-order valence-electron chi connectivity index (χ1n) is 6.28. The van der Waals surface area contributed by atoms with Gasteiger partial charge < -0.3 is 15.3 Å². The van der Waals surface area contributed by atoms with Crippen LogP contribution in [0, 0.1) is 12.7 Å². The number of hydrogen-bond donors (Lipinski definition) is 3. The standard InChI is InChI=1S/C14H20FN3O2/c1-5-18(4)10(3)8-16-12-7-9(2)6-11(15)13(12)17-14(19)20/h6-7,16-17H,3,5,8H2,1-2,4H3,(H,19,20). The van der Waals surface area contributed by atoms with E-state index in [-0.39, 0.29) is 5.69 Å². The van der Waals surface area contributed by atoms with Gasteiger partial charge >= 0.3 is 6.09 Å². The fourth-order valence-electron chi connectivity index (χ4n) is 1.67. The Morgan fingerprint density at radius 2 is 2.15 bits per heavy atom. The zero-order valence-corrected chi connectivity index (χ0v) is 12.0. The van der Waals surface area contributed by atoms with Gasteiger partial charge in [0.25, 0.3) is 0 Å². The van der Waals surface area contributed by atoms with Crippen molar-refractivity contribution in [2.75, 3.05) is 30.8 Å². The van der Waals surface area contributed by atoms with Gasteiger partial charge in [0.1, 0.15) is 11.5 Å². The van der Waals surface area contributed by atoms with E-state index in [4.69, 9.17) is 5.11 Å². The first-order valence-corrected chi connectivity index (χ1v) is 6.28. The van der Waals surface area contributed by atoms with Crippen LogP contribution in [0.2, 0.25) is 0 Å². The van der Waals surface area contributed by atoms with Crippen molar-refractivity contribution in [2.45, 2.75) is 13.8 Å². The number of nitrogens with one attached hydrogen (secondary N) is 2. The van der Waals surface area contributed by atoms with Crippen molar-refractivity contribution in [3.8, 4) is 0 Å². The molecule has 110 valence electrons. The Balaban J connectivity index is 2.92. The summed E-state index contributed by atoms with van der Waals surface area (Å²) in [5.41, 5.74) is 1.86. The maximum atomic E-state index is 13.8. The molecule has 1 rings (SSSR count). The molecule has 0 bridgehead atoms. The second kappa shape index (κ2) is 6.79. The van der Waals surface area contributed by atoms with Crippen LogP contribution in [0.25, 0.3) is 0 Å². The van der Waals surface area contributed by atoms with E-state index in [9.17, 15) is 9.18 Å². The van der Waals surface area contributed by atoms with Gasteiger partial charge in [0.15, 0.2) is 0 Å². The minimum Gasteiger partial charge on any atom is -0.465 e. The average Bonchev–Trinajstić information content (AvgIpc) is 2.38. The van der Waals surface area contributed by atoms with Crippen molar-refractivity contribution in [2.24, 2.45) is 0 Å². The lowest BCUT2D eigenvalue weighted by molar-refractivity contribution is 0.209. The second-order valence-electron chi connectivity index (χ2n) is 4.53. The third kappa shape index (κ3) is 4.15. The fourth-order valence-corrected chi connectivity index (χ4v) is 1.67. The molecule has 0 fully saturated rings. The van der Waals surface area contributed by atoms with E-state index in [1.165, 1.54) is 6.07 Å². The lowest BCUT2D eigenvalue weighted by Crippen LogP contribution is -2.22. The van der Waals surface area contributed by atoms with Gasteiger partial charge in [0, 0.05) is 19.3 Å². The molecule has 0 aliphatic rings. The molecule has 1 aromatic rings. The number of nitrogens with zero attached hydrogens (tertiary/aromatic N) is 1. The van der Waals surface area contributed by atoms with E-state index in [1.807, 2.05) is 18.9 Å². The SMILES string of the molecule is C=C(CNc1cc(C)cc(F)c1NC(=O)O)N(C)CC. The van der Waals surface area contributed by atoms with E-state index >= 15 is 0 Å². The Hall–Kier alpha value is -2.24. The zero-order valence-electron chi connectivity index (χ0n) is 12.0. The predicted octanol–water partition coefficient (Wildman–Crippen LogP) is 3.10. The highest BCUT2D eigenvalue weighted by Crippen LogP contribution is 2.27. The number of likely N-dealkylation sites (N-methyl/N-ethyl adjacent to an activating group) is 1. The topological polar surface area (TPSA) is 64.6 Å². The molecule has 0 unspecified atom stereocenters. The molecule has 5 nitrogen and oxygen atoms in total. The Morgan fingerprint density at radius 1 is 1.50 bits per heavy atom. The molecule has 0 radical (unpaired) electrons. The Morgan fingerprint density at radius 3 is 2.70 bits per heavy atom. The van der Waals surface area contributed by atoms with Crippen molar-refractivity contribution >= 4 is 17.5 Å². The number of rotatable bonds is 6. The van der Waals surface area contributed by atoms with Crippen LogP contribution in [-0.2, 0) is 0 Å². The van der Waals surface area contributed by atoms with Gasteiger partial charge in [-0.1, -0.05) is 6.58 Å². The largest absolute Gasteiger partial charge is 0.465 e. The third-order valence-electron chi connectivity index (χ3n) is 2.96. The van der Waals surface area contributed by atoms with Crippen LogP contribution in [-0.4, -0.2) is 36.2 Å². The molecular formula is C14H20FN3O2. The summed E-state index contributed by atoms with van der Waals surface area (Å²) in [5.74, 6) is -0.607. The molecule has 0 saturated carbocycles. The summed E-state index contributed by atoms with van der Waals surface area (Å²) in [5, 5.41) is 13.8. The van der Waals surface area contributed by atoms with Crippen LogP contribution in [0.1, 0.15) is 12.5 Å². The molecule has 20 heavy (non-hydrogen) atoms. The average molecular weight is 281 g/mol. The van der Waals surface area contributed by atoms with E-state index in [0.717, 1.165) is 12.2 Å². The Kier molecular flexibility index (Phi) is 5.37. The van der Waals surface area contributed by atoms with Crippen molar-refractivity contribution in [1.29, 1.82) is 0 Å². The van der Waals surface area contributed by atoms with Crippen LogP contribution in [0.5, 0.6) is 0 Å². The number of halogens is 1. The van der Waals surface area contributed by atoms with E-state index in [1.54, 1.807) is 13.0 Å². The van der Waals surface area contributed by atoms with Crippen LogP contribution >= 0.6 is 0 Å². The predicted molar refractivity (Wildman–Crippen MR) is 78.7 cm³/mol. The summed E-state index contributed by atoms with van der Waals surface area (Å²) >= 11 is 0. The number of anilines is 2. The number of hydrogen-bond acceptors (Lipinski definition) is 3. The minimum atomic E-state index is -1.31. The highest BCUT2D eigenvalue weighted by atomic mass is 19.1. The van der Waals surface area contributed by atoms with Crippen LogP contribution < -0.4 is 10.6 Å². The molecule has 0 aliphatic carbocycles. The van der Waals surface area contributed by atoms with Crippen molar-refractivity contribution in [1.82, 2.24) is 4.90 Å². The highest BCUT2D eigenvalue weighted by molar-refractivity contribution is 5.88. The first-order chi connectivity index (χ1) is 9.35. The maximum absolute atomic E-state index is 13.8. The lowest BCUT2D eigenvalue weighted by atomic mass is 10.1. The van der Waals surface area contributed by atoms with E-state index < -0.39 is 11.9 Å². The third-order valence-corrected chi connectivity index (χ3v) is 2.96. The number of benzene rings is 1. The molecule has 0 aliphatic heterocycles. The van der Waals surface area contributed by atoms with Crippen molar-refractivity contribution in [3.63, 3.8) is 0 Å². The molecule has 0 aromatic heterocycles. The van der Waals surface area contributed by atoms with E-state index in [2.05, 4.69) is 17.2 Å². The summed E-state index contributed by atoms with van der Waals surface area (Å²) < 4.78 is 13.8. The molecular weight excluding hydrogens is 261 g/mol. The quantitative estimate of drug-likeness (QED) is 0.749. The molecule has 3 N–H and O–H groups in total. The number of amides is 1. The molecule has 1 aromatic carbocycles. The van der Waals surface area contributed by atoms with Gasteiger partial charge in [-0.05, 0) is 31.5 Å². The van der Waals surface area contributed by atoms with Crippen molar-refractivity contribution < 1.29 is 14.3 Å². The first kappa shape index (κ1) is 15.8. The molecule has 6 heteroatoms. The molecule has 0 spiro atoms. The van der Waals surface area contributed by atoms with Crippen molar-refractivity contribution in [3.05, 3.63) is 35.8 Å². The number of aryl methyl sites for hydroxylation is 1. The number of carboxylic acid groups (broad SMARTS) is 1. The van der Waals surface area contributed by atoms with Gasteiger partial charge in [0.2, 0.25) is 0 Å². The Bertz CT molecular complexity index is 517. The summed E-state index contributed by atoms with van der Waals surface area (Å²) in [7, 11) is 1.90. The van der Waals surface area contributed by atoms with Crippen LogP contribution in [0.3, 0.4) is 0 Å². The van der Waals surface area contributed by atoms with Gasteiger partial charge in [-0.15, -0.1) is 0 Å². The second-order valence-corrected chi connectivity index (χ2v) is 4.53. The zero-order chi connectivity index (χ0) is 15.3. The summed E-state index contributed by atoms with van der Waals surface area (Å²) in [4.78, 5) is 12.7. The monoisotopic (exact) mass is 281 g/mol. The summed E-state index contributed by atoms with van der Waals surface area (Å²) in [6.07, 6.45) is -1.31. The van der Waals surface area contributed by atoms with Gasteiger partial charge in [-0.3, -0.25) is 5.32 Å². The molecule has 1 amide bonds. The maximum Gasteiger partial charge on any atom is 0.409 e. The summed E-state index contributed by atoms with van der Waals surface area (Å²) in [6.45, 7) is 8.86. The lowest BCUT2D eigenvalue weighted by Gasteiger charge is -2.21. The van der Waals surface area contributed by atoms with Gasteiger partial charge in [0.05, 0.1) is 12.2 Å². The van der Waals surface area contributed by atoms with Gasteiger partial charge in [-0.2, -0.15) is 0 Å². The van der Waals surface area contributed by atoms with E-state index in [0.29, 0.717) is 17.8 Å². The molecule has 0 heterocycles. The number of carbonyl (C=O) groups is 1. The minimum absolute atomic E-state index is 0.0740. The smallest absolute Gasteiger partial charge is 0.409 e. The normalized spacial score (nSPS) is 10.0. The van der Waals surface area contributed by atoms with Gasteiger partial charge in [-0.25, -0.2) is 9.18 Å². The Labute approximate surface area is 118 Å². The van der Waals surface area contributed by atoms with Crippen LogP contribution in [0.15, 0.2) is 24.4 Å². The highest BCUT2D eigenvalue weighted by Gasteiger charge is 2.12.